The normalized spacial score (nSPS) is 39.4. The lowest BCUT2D eigenvalue weighted by Gasteiger charge is -2.42. The summed E-state index contributed by atoms with van der Waals surface area (Å²) in [5, 5.41) is 0. The first-order valence-electron chi connectivity index (χ1n) is 5.39. The molecule has 0 aromatic heterocycles. The quantitative estimate of drug-likeness (QED) is 0.672. The zero-order valence-corrected chi connectivity index (χ0v) is 10.4. The highest BCUT2D eigenvalue weighted by atomic mass is 16.6. The van der Waals surface area contributed by atoms with Crippen molar-refractivity contribution in [3.8, 4) is 0 Å². The van der Waals surface area contributed by atoms with Crippen molar-refractivity contribution in [3.63, 3.8) is 0 Å². The third-order valence-electron chi connectivity index (χ3n) is 2.85. The fourth-order valence-electron chi connectivity index (χ4n) is 2.19. The highest BCUT2D eigenvalue weighted by Crippen LogP contribution is 2.26. The van der Waals surface area contributed by atoms with Crippen LogP contribution in [0.5, 0.6) is 0 Å². The van der Waals surface area contributed by atoms with Crippen LogP contribution in [0.25, 0.3) is 0 Å². The first kappa shape index (κ1) is 13.4. The van der Waals surface area contributed by atoms with E-state index in [9.17, 15) is 4.79 Å². The Balaban J connectivity index is 2.85. The van der Waals surface area contributed by atoms with Crippen LogP contribution in [0.3, 0.4) is 0 Å². The van der Waals surface area contributed by atoms with Gasteiger partial charge in [-0.25, -0.2) is 0 Å². The van der Waals surface area contributed by atoms with Gasteiger partial charge in [-0.3, -0.25) is 4.79 Å². The molecule has 1 aliphatic rings. The Morgan fingerprint density at radius 3 is 1.75 bits per heavy atom. The van der Waals surface area contributed by atoms with Gasteiger partial charge in [0.05, 0.1) is 12.2 Å². The summed E-state index contributed by atoms with van der Waals surface area (Å²) in [5.74, 6) is -0.338. The molecule has 0 amide bonds. The maximum absolute atomic E-state index is 11.1. The average molecular weight is 232 g/mol. The highest BCUT2D eigenvalue weighted by Gasteiger charge is 2.45. The zero-order valence-electron chi connectivity index (χ0n) is 10.4. The Labute approximate surface area is 96.0 Å². The molecule has 1 unspecified atom stereocenters. The number of ether oxygens (including phenoxy) is 4. The number of hydrogen-bond donors (Lipinski definition) is 0. The van der Waals surface area contributed by atoms with E-state index in [1.807, 2.05) is 13.8 Å². The van der Waals surface area contributed by atoms with Gasteiger partial charge < -0.3 is 18.9 Å². The van der Waals surface area contributed by atoms with Crippen LogP contribution < -0.4 is 0 Å². The molecule has 1 heterocycles. The van der Waals surface area contributed by atoms with E-state index in [4.69, 9.17) is 18.9 Å². The third-order valence-corrected chi connectivity index (χ3v) is 2.85. The van der Waals surface area contributed by atoms with Crippen molar-refractivity contribution in [3.05, 3.63) is 0 Å². The molecule has 0 saturated carbocycles. The van der Waals surface area contributed by atoms with Crippen LogP contribution in [-0.2, 0) is 23.7 Å². The van der Waals surface area contributed by atoms with Crippen LogP contribution in [0.2, 0.25) is 0 Å². The molecule has 0 aliphatic carbocycles. The van der Waals surface area contributed by atoms with Gasteiger partial charge in [0, 0.05) is 21.1 Å². The predicted molar refractivity (Wildman–Crippen MR) is 57.2 cm³/mol. The lowest BCUT2D eigenvalue weighted by molar-refractivity contribution is -0.236. The van der Waals surface area contributed by atoms with Gasteiger partial charge in [0.25, 0.3) is 0 Å². The fourth-order valence-corrected chi connectivity index (χ4v) is 2.19. The number of carbonyl (C=O) groups excluding carboxylic acids is 1. The van der Waals surface area contributed by atoms with Crippen molar-refractivity contribution >= 4 is 5.97 Å². The Morgan fingerprint density at radius 1 is 1.00 bits per heavy atom. The number of carbonyl (C=O) groups is 1. The van der Waals surface area contributed by atoms with Crippen LogP contribution in [0.4, 0.5) is 0 Å². The molecule has 1 fully saturated rings. The van der Waals surface area contributed by atoms with Gasteiger partial charge in [-0.15, -0.1) is 0 Å². The molecule has 0 spiro atoms. The Morgan fingerprint density at radius 2 is 1.44 bits per heavy atom. The molecule has 0 radical (unpaired) electrons. The molecule has 16 heavy (non-hydrogen) atoms. The largest absolute Gasteiger partial charge is 0.457 e. The van der Waals surface area contributed by atoms with Gasteiger partial charge in [0.15, 0.2) is 6.10 Å². The first-order chi connectivity index (χ1) is 7.51. The molecule has 1 aliphatic heterocycles. The zero-order chi connectivity index (χ0) is 12.3. The second-order valence-corrected chi connectivity index (χ2v) is 4.02. The number of esters is 1. The van der Waals surface area contributed by atoms with Gasteiger partial charge in [-0.05, 0) is 13.8 Å². The van der Waals surface area contributed by atoms with E-state index in [-0.39, 0.29) is 30.4 Å². The van der Waals surface area contributed by atoms with Gasteiger partial charge in [-0.1, -0.05) is 0 Å². The minimum atomic E-state index is -0.425. The van der Waals surface area contributed by atoms with Crippen LogP contribution in [0, 0.1) is 0 Å². The SMILES string of the molecule is CO[C@@H]1[C@H](OC(C)=O)[C@@H](OC)C(C)O[C@H]1C. The summed E-state index contributed by atoms with van der Waals surface area (Å²) in [6, 6.07) is 0. The van der Waals surface area contributed by atoms with Crippen molar-refractivity contribution in [1.29, 1.82) is 0 Å². The summed E-state index contributed by atoms with van der Waals surface area (Å²) in [6.07, 6.45) is -1.28. The summed E-state index contributed by atoms with van der Waals surface area (Å²) >= 11 is 0. The molecule has 94 valence electrons. The third kappa shape index (κ3) is 2.72. The molecule has 0 aromatic carbocycles. The van der Waals surface area contributed by atoms with Gasteiger partial charge >= 0.3 is 5.97 Å². The summed E-state index contributed by atoms with van der Waals surface area (Å²) in [7, 11) is 3.15. The predicted octanol–water partition coefficient (Wildman–Crippen LogP) is 0.755. The van der Waals surface area contributed by atoms with E-state index in [0.717, 1.165) is 0 Å². The lowest BCUT2D eigenvalue weighted by atomic mass is 9.96. The Hall–Kier alpha value is -0.650. The van der Waals surface area contributed by atoms with Crippen molar-refractivity contribution in [1.82, 2.24) is 0 Å². The minimum absolute atomic E-state index is 0.129. The summed E-state index contributed by atoms with van der Waals surface area (Å²) in [5.41, 5.74) is 0. The number of rotatable bonds is 3. The fraction of sp³-hybridized carbons (Fsp3) is 0.909. The van der Waals surface area contributed by atoms with E-state index >= 15 is 0 Å². The highest BCUT2D eigenvalue weighted by molar-refractivity contribution is 5.66. The molecule has 0 bridgehead atoms. The summed E-state index contributed by atoms with van der Waals surface area (Å²) in [6.45, 7) is 5.17. The molecule has 0 aromatic rings. The van der Waals surface area contributed by atoms with E-state index in [1.165, 1.54) is 6.92 Å². The minimum Gasteiger partial charge on any atom is -0.457 e. The van der Waals surface area contributed by atoms with Gasteiger partial charge in [0.1, 0.15) is 12.2 Å². The van der Waals surface area contributed by atoms with Crippen LogP contribution >= 0.6 is 0 Å². The molecule has 1 rings (SSSR count). The smallest absolute Gasteiger partial charge is 0.303 e. The average Bonchev–Trinajstić information content (AvgIpc) is 2.17. The van der Waals surface area contributed by atoms with Crippen molar-refractivity contribution in [2.75, 3.05) is 14.2 Å². The molecule has 1 saturated heterocycles. The monoisotopic (exact) mass is 232 g/mol. The van der Waals surface area contributed by atoms with E-state index in [2.05, 4.69) is 0 Å². The van der Waals surface area contributed by atoms with Gasteiger partial charge in [0.2, 0.25) is 0 Å². The maximum atomic E-state index is 11.1. The summed E-state index contributed by atoms with van der Waals surface area (Å²) < 4.78 is 21.6. The second kappa shape index (κ2) is 5.61. The Kier molecular flexibility index (Phi) is 4.70. The molecular formula is C11H20O5. The molecular weight excluding hydrogens is 212 g/mol. The molecule has 0 N–H and O–H groups in total. The van der Waals surface area contributed by atoms with E-state index in [1.54, 1.807) is 14.2 Å². The standard InChI is InChI=1S/C11H20O5/c1-6-9(13-4)11(16-8(3)12)10(14-5)7(2)15-6/h6-7,9-11H,1-5H3/t6-,7?,9-,10-,11-/m0/s1. The van der Waals surface area contributed by atoms with Crippen LogP contribution in [0.15, 0.2) is 0 Å². The van der Waals surface area contributed by atoms with Crippen molar-refractivity contribution in [2.24, 2.45) is 0 Å². The lowest BCUT2D eigenvalue weighted by Crippen LogP contribution is -2.58. The van der Waals surface area contributed by atoms with Gasteiger partial charge in [-0.2, -0.15) is 0 Å². The first-order valence-corrected chi connectivity index (χ1v) is 5.39. The second-order valence-electron chi connectivity index (χ2n) is 4.02. The number of hydrogen-bond acceptors (Lipinski definition) is 5. The van der Waals surface area contributed by atoms with Crippen molar-refractivity contribution in [2.45, 2.75) is 51.3 Å². The van der Waals surface area contributed by atoms with Crippen LogP contribution in [0.1, 0.15) is 20.8 Å². The van der Waals surface area contributed by atoms with Crippen LogP contribution in [-0.4, -0.2) is 50.7 Å². The topological polar surface area (TPSA) is 54.0 Å². The van der Waals surface area contributed by atoms with E-state index in [0.29, 0.717) is 0 Å². The van der Waals surface area contributed by atoms with E-state index < -0.39 is 6.10 Å². The Bertz CT molecular complexity index is 227. The molecule has 5 atom stereocenters. The van der Waals surface area contributed by atoms with Crippen molar-refractivity contribution < 1.29 is 23.7 Å². The number of methoxy groups -OCH3 is 2. The maximum Gasteiger partial charge on any atom is 0.303 e. The summed E-state index contributed by atoms with van der Waals surface area (Å²) in [4.78, 5) is 11.1. The molecule has 5 nitrogen and oxygen atoms in total. The molecule has 5 heteroatoms.